The summed E-state index contributed by atoms with van der Waals surface area (Å²) in [5.41, 5.74) is 1.48. The molecule has 1 saturated heterocycles. The molecule has 1 unspecified atom stereocenters. The number of anilines is 2. The van der Waals surface area contributed by atoms with Gasteiger partial charge >= 0.3 is 0 Å². The highest BCUT2D eigenvalue weighted by atomic mass is 35.5. The Morgan fingerprint density at radius 1 is 1.10 bits per heavy atom. The Labute approximate surface area is 172 Å². The van der Waals surface area contributed by atoms with Crippen LogP contribution in [0.25, 0.3) is 11.3 Å². The van der Waals surface area contributed by atoms with Gasteiger partial charge in [0.05, 0.1) is 16.6 Å². The van der Waals surface area contributed by atoms with Crippen molar-refractivity contribution in [2.24, 2.45) is 5.92 Å². The van der Waals surface area contributed by atoms with E-state index in [2.05, 4.69) is 25.4 Å². The summed E-state index contributed by atoms with van der Waals surface area (Å²) in [5, 5.41) is 11.9. The van der Waals surface area contributed by atoms with E-state index >= 15 is 0 Å². The largest absolute Gasteiger partial charge is 0.354 e. The van der Waals surface area contributed by atoms with Crippen LogP contribution in [-0.2, 0) is 4.79 Å². The summed E-state index contributed by atoms with van der Waals surface area (Å²) in [6.45, 7) is 1.37. The summed E-state index contributed by atoms with van der Waals surface area (Å²) >= 11 is 5.83. The lowest BCUT2D eigenvalue weighted by molar-refractivity contribution is -0.120. The molecule has 0 bridgehead atoms. The molecular weight excluding hydrogens is 393 g/mol. The molecule has 0 spiro atoms. The number of nitrogens with zero attached hydrogens (tertiary/aromatic N) is 4. The lowest BCUT2D eigenvalue weighted by atomic mass is 9.97. The second kappa shape index (κ2) is 8.53. The number of pyridine rings is 1. The SMILES string of the molecule is O=C(Nc1ccc(Cl)cn1)C1CCCN(c2ccc(-c3ccc(F)cc3)nn2)C1. The number of aromatic nitrogens is 3. The van der Waals surface area contributed by atoms with Gasteiger partial charge in [0.15, 0.2) is 5.82 Å². The standard InChI is InChI=1S/C21H19ClFN5O/c22-16-5-9-19(24-12-16)25-21(29)15-2-1-11-28(13-15)20-10-8-18(26-27-20)14-3-6-17(23)7-4-14/h3-10,12,15H,1-2,11,13H2,(H,24,25,29). The summed E-state index contributed by atoms with van der Waals surface area (Å²) in [5.74, 6) is 0.683. The Balaban J connectivity index is 1.41. The van der Waals surface area contributed by atoms with Gasteiger partial charge in [-0.1, -0.05) is 11.6 Å². The van der Waals surface area contributed by atoms with Crippen LogP contribution in [0.5, 0.6) is 0 Å². The van der Waals surface area contributed by atoms with Gasteiger partial charge < -0.3 is 10.2 Å². The molecule has 1 amide bonds. The second-order valence-corrected chi connectivity index (χ2v) is 7.36. The van der Waals surface area contributed by atoms with Crippen molar-refractivity contribution in [2.75, 3.05) is 23.3 Å². The number of benzene rings is 1. The summed E-state index contributed by atoms with van der Waals surface area (Å²) < 4.78 is 13.1. The van der Waals surface area contributed by atoms with Gasteiger partial charge in [0.2, 0.25) is 5.91 Å². The summed E-state index contributed by atoms with van der Waals surface area (Å²) in [6.07, 6.45) is 3.19. The molecule has 148 valence electrons. The molecule has 1 aliphatic rings. The van der Waals surface area contributed by atoms with E-state index < -0.39 is 0 Å². The number of carbonyl (C=O) groups is 1. The van der Waals surface area contributed by atoms with E-state index in [1.165, 1.54) is 18.3 Å². The van der Waals surface area contributed by atoms with Gasteiger partial charge in [-0.25, -0.2) is 9.37 Å². The van der Waals surface area contributed by atoms with Crippen molar-refractivity contribution in [2.45, 2.75) is 12.8 Å². The van der Waals surface area contributed by atoms with Crippen molar-refractivity contribution in [3.63, 3.8) is 0 Å². The Bertz CT molecular complexity index is 979. The molecule has 0 radical (unpaired) electrons. The minimum Gasteiger partial charge on any atom is -0.354 e. The van der Waals surface area contributed by atoms with E-state index in [0.29, 0.717) is 23.1 Å². The molecule has 29 heavy (non-hydrogen) atoms. The van der Waals surface area contributed by atoms with Crippen molar-refractivity contribution >= 4 is 29.1 Å². The molecule has 2 aromatic heterocycles. The monoisotopic (exact) mass is 411 g/mol. The molecule has 1 aliphatic heterocycles. The predicted octanol–water partition coefficient (Wildman–Crippen LogP) is 4.19. The second-order valence-electron chi connectivity index (χ2n) is 6.92. The fourth-order valence-electron chi connectivity index (χ4n) is 3.35. The van der Waals surface area contributed by atoms with E-state index in [9.17, 15) is 9.18 Å². The molecule has 1 aromatic carbocycles. The van der Waals surface area contributed by atoms with E-state index in [0.717, 1.165) is 30.8 Å². The van der Waals surface area contributed by atoms with Crippen LogP contribution in [0.3, 0.4) is 0 Å². The van der Waals surface area contributed by atoms with Gasteiger partial charge in [-0.05, 0) is 61.4 Å². The normalized spacial score (nSPS) is 16.5. The highest BCUT2D eigenvalue weighted by molar-refractivity contribution is 6.30. The van der Waals surface area contributed by atoms with Crippen LogP contribution in [0.15, 0.2) is 54.7 Å². The number of hydrogen-bond donors (Lipinski definition) is 1. The molecule has 6 nitrogen and oxygen atoms in total. The number of rotatable bonds is 4. The van der Waals surface area contributed by atoms with E-state index in [-0.39, 0.29) is 17.6 Å². The molecule has 1 N–H and O–H groups in total. The lowest BCUT2D eigenvalue weighted by Gasteiger charge is -2.32. The van der Waals surface area contributed by atoms with Crippen molar-refractivity contribution in [1.82, 2.24) is 15.2 Å². The van der Waals surface area contributed by atoms with Gasteiger partial charge in [0, 0.05) is 24.8 Å². The summed E-state index contributed by atoms with van der Waals surface area (Å²) in [7, 11) is 0. The van der Waals surface area contributed by atoms with Gasteiger partial charge in [-0.15, -0.1) is 10.2 Å². The molecule has 0 saturated carbocycles. The van der Waals surface area contributed by atoms with E-state index in [1.807, 2.05) is 12.1 Å². The maximum Gasteiger partial charge on any atom is 0.230 e. The van der Waals surface area contributed by atoms with Crippen LogP contribution in [0, 0.1) is 11.7 Å². The minimum absolute atomic E-state index is 0.0691. The smallest absolute Gasteiger partial charge is 0.230 e. The molecule has 1 atom stereocenters. The van der Waals surface area contributed by atoms with Crippen LogP contribution in [0.2, 0.25) is 5.02 Å². The van der Waals surface area contributed by atoms with Gasteiger partial charge in [0.1, 0.15) is 11.6 Å². The molecule has 1 fully saturated rings. The van der Waals surface area contributed by atoms with Crippen molar-refractivity contribution in [1.29, 1.82) is 0 Å². The first-order chi connectivity index (χ1) is 14.1. The number of amides is 1. The third-order valence-corrected chi connectivity index (χ3v) is 5.11. The molecule has 4 rings (SSSR count). The molecule has 8 heteroatoms. The summed E-state index contributed by atoms with van der Waals surface area (Å²) in [6, 6.07) is 13.2. The zero-order chi connectivity index (χ0) is 20.2. The molecular formula is C21H19ClFN5O. The highest BCUT2D eigenvalue weighted by Crippen LogP contribution is 2.24. The number of piperidine rings is 1. The first-order valence-electron chi connectivity index (χ1n) is 9.35. The number of halogens is 2. The maximum absolute atomic E-state index is 13.1. The average molecular weight is 412 g/mol. The lowest BCUT2D eigenvalue weighted by Crippen LogP contribution is -2.41. The Morgan fingerprint density at radius 3 is 2.62 bits per heavy atom. The number of carbonyl (C=O) groups excluding carboxylic acids is 1. The number of hydrogen-bond acceptors (Lipinski definition) is 5. The van der Waals surface area contributed by atoms with Crippen LogP contribution in [-0.4, -0.2) is 34.2 Å². The third-order valence-electron chi connectivity index (χ3n) is 4.89. The van der Waals surface area contributed by atoms with Crippen LogP contribution in [0.4, 0.5) is 16.0 Å². The number of nitrogens with one attached hydrogen (secondary N) is 1. The van der Waals surface area contributed by atoms with Crippen LogP contribution < -0.4 is 10.2 Å². The van der Waals surface area contributed by atoms with Crippen molar-refractivity contribution in [3.8, 4) is 11.3 Å². The van der Waals surface area contributed by atoms with Crippen LogP contribution in [0.1, 0.15) is 12.8 Å². The Hall–Kier alpha value is -3.06. The molecule has 3 aromatic rings. The Kier molecular flexibility index (Phi) is 5.67. The third kappa shape index (κ3) is 4.68. The fraction of sp³-hybridized carbons (Fsp3) is 0.238. The van der Waals surface area contributed by atoms with Gasteiger partial charge in [-0.2, -0.15) is 0 Å². The zero-order valence-electron chi connectivity index (χ0n) is 15.6. The first-order valence-corrected chi connectivity index (χ1v) is 9.73. The first kappa shape index (κ1) is 19.3. The van der Waals surface area contributed by atoms with Crippen molar-refractivity contribution < 1.29 is 9.18 Å². The average Bonchev–Trinajstić information content (AvgIpc) is 2.76. The van der Waals surface area contributed by atoms with Gasteiger partial charge in [0.25, 0.3) is 0 Å². The quantitative estimate of drug-likeness (QED) is 0.697. The summed E-state index contributed by atoms with van der Waals surface area (Å²) in [4.78, 5) is 18.8. The van der Waals surface area contributed by atoms with E-state index in [1.54, 1.807) is 24.3 Å². The zero-order valence-corrected chi connectivity index (χ0v) is 16.3. The van der Waals surface area contributed by atoms with Crippen molar-refractivity contribution in [3.05, 3.63) is 65.6 Å². The topological polar surface area (TPSA) is 71.0 Å². The Morgan fingerprint density at radius 2 is 1.93 bits per heavy atom. The van der Waals surface area contributed by atoms with Crippen LogP contribution >= 0.6 is 11.6 Å². The minimum atomic E-state index is -0.287. The molecule has 3 heterocycles. The molecule has 0 aliphatic carbocycles. The maximum atomic E-state index is 13.1. The van der Waals surface area contributed by atoms with E-state index in [4.69, 9.17) is 11.6 Å². The highest BCUT2D eigenvalue weighted by Gasteiger charge is 2.27. The fourth-order valence-corrected chi connectivity index (χ4v) is 3.46. The van der Waals surface area contributed by atoms with Gasteiger partial charge in [-0.3, -0.25) is 4.79 Å². The predicted molar refractivity (Wildman–Crippen MR) is 110 cm³/mol.